The van der Waals surface area contributed by atoms with Crippen molar-refractivity contribution in [2.24, 2.45) is 5.92 Å². The van der Waals surface area contributed by atoms with E-state index in [-0.39, 0.29) is 5.54 Å². The van der Waals surface area contributed by atoms with Crippen LogP contribution in [0.25, 0.3) is 0 Å². The molecule has 1 heteroatoms. The number of unbranched alkanes of at least 4 members (excludes halogenated alkanes) is 1. The molecule has 0 saturated heterocycles. The van der Waals surface area contributed by atoms with Crippen molar-refractivity contribution in [3.8, 4) is 11.8 Å². The summed E-state index contributed by atoms with van der Waals surface area (Å²) in [6.07, 6.45) is 2.47. The van der Waals surface area contributed by atoms with Crippen LogP contribution in [0.2, 0.25) is 0 Å². The van der Waals surface area contributed by atoms with Gasteiger partial charge in [0, 0.05) is 5.92 Å². The zero-order valence-electron chi connectivity index (χ0n) is 9.70. The minimum absolute atomic E-state index is 0.0283. The average Bonchev–Trinajstić information content (AvgIpc) is 2.02. The highest BCUT2D eigenvalue weighted by atomic mass is 14.9. The van der Waals surface area contributed by atoms with Crippen LogP contribution in [0.5, 0.6) is 0 Å². The molecule has 0 rings (SSSR count). The molecule has 0 unspecified atom stereocenters. The number of nitrogens with one attached hydrogen (secondary N) is 1. The Morgan fingerprint density at radius 3 is 2.38 bits per heavy atom. The lowest BCUT2D eigenvalue weighted by molar-refractivity contribution is 0.481. The molecule has 0 amide bonds. The lowest BCUT2D eigenvalue weighted by Gasteiger charge is -2.19. The largest absolute Gasteiger partial charge is 0.302 e. The van der Waals surface area contributed by atoms with Gasteiger partial charge in [0.2, 0.25) is 0 Å². The van der Waals surface area contributed by atoms with Gasteiger partial charge in [0.1, 0.15) is 0 Å². The summed E-state index contributed by atoms with van der Waals surface area (Å²) < 4.78 is 0. The number of hydrogen-bond donors (Lipinski definition) is 1. The Morgan fingerprint density at radius 1 is 1.31 bits per heavy atom. The van der Waals surface area contributed by atoms with E-state index in [2.05, 4.69) is 51.8 Å². The fourth-order valence-electron chi connectivity index (χ4n) is 0.947. The molecular formula is C12H23N. The van der Waals surface area contributed by atoms with Crippen molar-refractivity contribution in [2.75, 3.05) is 6.54 Å². The van der Waals surface area contributed by atoms with Gasteiger partial charge in [-0.25, -0.2) is 0 Å². The molecule has 0 radical (unpaired) electrons. The molecule has 0 atom stereocenters. The SMILES string of the molecule is CCCCNC(C)(C)C#CC(C)C. The number of hydrogen-bond acceptors (Lipinski definition) is 1. The first-order valence-corrected chi connectivity index (χ1v) is 5.25. The zero-order valence-corrected chi connectivity index (χ0v) is 9.70. The summed E-state index contributed by atoms with van der Waals surface area (Å²) in [7, 11) is 0. The van der Waals surface area contributed by atoms with E-state index in [9.17, 15) is 0 Å². The Kier molecular flexibility index (Phi) is 5.82. The second-order valence-electron chi connectivity index (χ2n) is 4.33. The van der Waals surface area contributed by atoms with Gasteiger partial charge in [0.05, 0.1) is 5.54 Å². The molecule has 0 aliphatic rings. The van der Waals surface area contributed by atoms with Crippen molar-refractivity contribution in [2.45, 2.75) is 53.0 Å². The molecule has 0 fully saturated rings. The Labute approximate surface area is 83.3 Å². The summed E-state index contributed by atoms with van der Waals surface area (Å²) in [5.41, 5.74) is -0.0283. The molecular weight excluding hydrogens is 158 g/mol. The van der Waals surface area contributed by atoms with Gasteiger partial charge in [0.25, 0.3) is 0 Å². The van der Waals surface area contributed by atoms with E-state index in [1.165, 1.54) is 12.8 Å². The summed E-state index contributed by atoms with van der Waals surface area (Å²) in [5, 5.41) is 3.44. The van der Waals surface area contributed by atoms with Crippen molar-refractivity contribution in [1.82, 2.24) is 5.32 Å². The van der Waals surface area contributed by atoms with Crippen LogP contribution >= 0.6 is 0 Å². The summed E-state index contributed by atoms with van der Waals surface area (Å²) in [6, 6.07) is 0. The maximum absolute atomic E-state index is 3.44. The van der Waals surface area contributed by atoms with Gasteiger partial charge in [-0.1, -0.05) is 39.0 Å². The quantitative estimate of drug-likeness (QED) is 0.519. The van der Waals surface area contributed by atoms with Crippen molar-refractivity contribution in [1.29, 1.82) is 0 Å². The molecule has 1 N–H and O–H groups in total. The second-order valence-corrected chi connectivity index (χ2v) is 4.33. The highest BCUT2D eigenvalue weighted by molar-refractivity contribution is 5.15. The van der Waals surface area contributed by atoms with Gasteiger partial charge in [-0.3, -0.25) is 0 Å². The Balaban J connectivity index is 3.88. The van der Waals surface area contributed by atoms with Crippen molar-refractivity contribution < 1.29 is 0 Å². The maximum Gasteiger partial charge on any atom is 0.0744 e. The van der Waals surface area contributed by atoms with Crippen molar-refractivity contribution in [3.05, 3.63) is 0 Å². The topological polar surface area (TPSA) is 12.0 Å². The molecule has 0 aliphatic carbocycles. The lowest BCUT2D eigenvalue weighted by Crippen LogP contribution is -2.38. The normalized spacial score (nSPS) is 11.2. The van der Waals surface area contributed by atoms with Crippen molar-refractivity contribution >= 4 is 0 Å². The third-order valence-electron chi connectivity index (χ3n) is 1.77. The molecule has 1 nitrogen and oxygen atoms in total. The molecule has 0 saturated carbocycles. The van der Waals surface area contributed by atoms with Crippen LogP contribution in [-0.2, 0) is 0 Å². The van der Waals surface area contributed by atoms with Gasteiger partial charge >= 0.3 is 0 Å². The van der Waals surface area contributed by atoms with E-state index in [4.69, 9.17) is 0 Å². The van der Waals surface area contributed by atoms with Crippen LogP contribution < -0.4 is 5.32 Å². The molecule has 76 valence electrons. The summed E-state index contributed by atoms with van der Waals surface area (Å²) in [6.45, 7) is 11.8. The van der Waals surface area contributed by atoms with Gasteiger partial charge in [-0.2, -0.15) is 0 Å². The predicted molar refractivity (Wildman–Crippen MR) is 59.6 cm³/mol. The number of rotatable bonds is 4. The van der Waals surface area contributed by atoms with Crippen LogP contribution in [0.4, 0.5) is 0 Å². The van der Waals surface area contributed by atoms with Gasteiger partial charge in [0.15, 0.2) is 0 Å². The standard InChI is InChI=1S/C12H23N/c1-6-7-10-13-12(4,5)9-8-11(2)3/h11,13H,6-7,10H2,1-5H3. The van der Waals surface area contributed by atoms with E-state index < -0.39 is 0 Å². The van der Waals surface area contributed by atoms with Gasteiger partial charge in [-0.05, 0) is 26.8 Å². The zero-order chi connectivity index (χ0) is 10.3. The van der Waals surface area contributed by atoms with Crippen LogP contribution in [0.15, 0.2) is 0 Å². The molecule has 13 heavy (non-hydrogen) atoms. The molecule has 0 aliphatic heterocycles. The monoisotopic (exact) mass is 181 g/mol. The van der Waals surface area contributed by atoms with E-state index in [1.807, 2.05) is 0 Å². The summed E-state index contributed by atoms with van der Waals surface area (Å²) in [5.74, 6) is 6.92. The van der Waals surface area contributed by atoms with Crippen LogP contribution in [0, 0.1) is 17.8 Å². The molecule has 0 spiro atoms. The first-order valence-electron chi connectivity index (χ1n) is 5.25. The maximum atomic E-state index is 3.44. The van der Waals surface area contributed by atoms with E-state index in [0.29, 0.717) is 5.92 Å². The third kappa shape index (κ3) is 7.87. The van der Waals surface area contributed by atoms with E-state index >= 15 is 0 Å². The van der Waals surface area contributed by atoms with Gasteiger partial charge < -0.3 is 5.32 Å². The highest BCUT2D eigenvalue weighted by Gasteiger charge is 2.11. The molecule has 0 aromatic carbocycles. The molecule has 0 bridgehead atoms. The molecule has 0 aromatic heterocycles. The van der Waals surface area contributed by atoms with Crippen LogP contribution in [0.1, 0.15) is 47.5 Å². The summed E-state index contributed by atoms with van der Waals surface area (Å²) >= 11 is 0. The lowest BCUT2D eigenvalue weighted by atomic mass is 10.0. The Morgan fingerprint density at radius 2 is 1.92 bits per heavy atom. The highest BCUT2D eigenvalue weighted by Crippen LogP contribution is 2.01. The fourth-order valence-corrected chi connectivity index (χ4v) is 0.947. The molecule has 0 aromatic rings. The predicted octanol–water partition coefficient (Wildman–Crippen LogP) is 2.81. The fraction of sp³-hybridized carbons (Fsp3) is 0.833. The summed E-state index contributed by atoms with van der Waals surface area (Å²) in [4.78, 5) is 0. The smallest absolute Gasteiger partial charge is 0.0744 e. The van der Waals surface area contributed by atoms with Crippen LogP contribution in [0.3, 0.4) is 0 Å². The van der Waals surface area contributed by atoms with Crippen molar-refractivity contribution in [3.63, 3.8) is 0 Å². The molecule has 0 heterocycles. The first kappa shape index (κ1) is 12.5. The van der Waals surface area contributed by atoms with E-state index in [0.717, 1.165) is 6.54 Å². The Bertz CT molecular complexity index is 181. The Hall–Kier alpha value is -0.480. The van der Waals surface area contributed by atoms with Crippen LogP contribution in [-0.4, -0.2) is 12.1 Å². The van der Waals surface area contributed by atoms with Gasteiger partial charge in [-0.15, -0.1) is 0 Å². The average molecular weight is 181 g/mol. The minimum Gasteiger partial charge on any atom is -0.302 e. The van der Waals surface area contributed by atoms with E-state index in [1.54, 1.807) is 0 Å². The minimum atomic E-state index is -0.0283. The second kappa shape index (κ2) is 6.05. The third-order valence-corrected chi connectivity index (χ3v) is 1.77. The first-order chi connectivity index (χ1) is 5.98.